The zero-order chi connectivity index (χ0) is 17.6. The molecule has 2 aromatic rings. The fraction of sp³-hybridized carbons (Fsp3) is 0.500. The molecule has 0 N–H and O–H groups in total. The fourth-order valence-electron chi connectivity index (χ4n) is 2.99. The largest absolute Gasteiger partial charge is 0.490 e. The Labute approximate surface area is 147 Å². The summed E-state index contributed by atoms with van der Waals surface area (Å²) < 4.78 is 13.3. The molecule has 0 saturated carbocycles. The van der Waals surface area contributed by atoms with Gasteiger partial charge in [-0.1, -0.05) is 12.1 Å². The molecule has 25 heavy (non-hydrogen) atoms. The number of para-hydroxylation sites is 2. The number of rotatable bonds is 6. The minimum absolute atomic E-state index is 0.0682. The molecule has 7 heteroatoms. The molecular weight excluding hydrogens is 320 g/mol. The second kappa shape index (κ2) is 8.00. The van der Waals surface area contributed by atoms with Gasteiger partial charge in [0, 0.05) is 25.9 Å². The van der Waals surface area contributed by atoms with Crippen molar-refractivity contribution in [3.8, 4) is 11.5 Å². The summed E-state index contributed by atoms with van der Waals surface area (Å²) >= 11 is 0. The molecule has 2 heterocycles. The average Bonchev–Trinajstić information content (AvgIpc) is 3.18. The van der Waals surface area contributed by atoms with Crippen molar-refractivity contribution in [3.05, 3.63) is 36.9 Å². The molecule has 1 saturated heterocycles. The van der Waals surface area contributed by atoms with Crippen LogP contribution >= 0.6 is 0 Å². The third-order valence-electron chi connectivity index (χ3n) is 4.39. The number of carbonyl (C=O) groups is 1. The number of amides is 1. The molecule has 0 unspecified atom stereocenters. The highest BCUT2D eigenvalue weighted by Gasteiger charge is 2.28. The standard InChI is InChI=1S/C18H24N4O3/c1-3-24-16-6-4-5-7-17(16)25-15-8-10-21(11-9-15)18(23)14(2)22-13-19-12-20-22/h4-7,12-15H,3,8-11H2,1-2H3/t14-/m0/s1. The van der Waals surface area contributed by atoms with Crippen molar-refractivity contribution < 1.29 is 14.3 Å². The summed E-state index contributed by atoms with van der Waals surface area (Å²) in [6, 6.07) is 7.38. The van der Waals surface area contributed by atoms with E-state index in [0.29, 0.717) is 19.7 Å². The number of aromatic nitrogens is 3. The van der Waals surface area contributed by atoms with E-state index in [1.807, 2.05) is 43.0 Å². The Hall–Kier alpha value is -2.57. The highest BCUT2D eigenvalue weighted by Crippen LogP contribution is 2.29. The molecule has 1 aromatic heterocycles. The van der Waals surface area contributed by atoms with Crippen molar-refractivity contribution in [1.29, 1.82) is 0 Å². The minimum Gasteiger partial charge on any atom is -0.490 e. The first kappa shape index (κ1) is 17.3. The average molecular weight is 344 g/mol. The van der Waals surface area contributed by atoms with Crippen molar-refractivity contribution >= 4 is 5.91 Å². The third-order valence-corrected chi connectivity index (χ3v) is 4.39. The molecule has 0 bridgehead atoms. The second-order valence-electron chi connectivity index (χ2n) is 6.07. The van der Waals surface area contributed by atoms with Crippen LogP contribution in [0.1, 0.15) is 32.7 Å². The fourth-order valence-corrected chi connectivity index (χ4v) is 2.99. The molecule has 1 aliphatic heterocycles. The maximum atomic E-state index is 12.6. The minimum atomic E-state index is -0.335. The number of hydrogen-bond donors (Lipinski definition) is 0. The number of piperidine rings is 1. The van der Waals surface area contributed by atoms with E-state index in [2.05, 4.69) is 10.1 Å². The molecule has 134 valence electrons. The van der Waals surface area contributed by atoms with E-state index in [-0.39, 0.29) is 18.1 Å². The quantitative estimate of drug-likeness (QED) is 0.804. The van der Waals surface area contributed by atoms with Crippen LogP contribution in [0.3, 0.4) is 0 Å². The Bertz CT molecular complexity index is 681. The zero-order valence-corrected chi connectivity index (χ0v) is 14.7. The molecule has 1 amide bonds. The topological polar surface area (TPSA) is 69.5 Å². The summed E-state index contributed by atoms with van der Waals surface area (Å²) in [4.78, 5) is 18.4. The Morgan fingerprint density at radius 3 is 2.64 bits per heavy atom. The van der Waals surface area contributed by atoms with Crippen molar-refractivity contribution in [2.24, 2.45) is 0 Å². The molecular formula is C18H24N4O3. The summed E-state index contributed by atoms with van der Waals surface area (Å²) in [5.74, 6) is 1.60. The van der Waals surface area contributed by atoms with Crippen LogP contribution in [0, 0.1) is 0 Å². The Morgan fingerprint density at radius 2 is 2.00 bits per heavy atom. The molecule has 1 aromatic carbocycles. The van der Waals surface area contributed by atoms with Crippen LogP contribution < -0.4 is 9.47 Å². The zero-order valence-electron chi connectivity index (χ0n) is 14.7. The molecule has 0 aliphatic carbocycles. The van der Waals surface area contributed by atoms with Gasteiger partial charge in [0.1, 0.15) is 24.8 Å². The molecule has 0 spiro atoms. The molecule has 1 aliphatic rings. The van der Waals surface area contributed by atoms with E-state index in [9.17, 15) is 4.79 Å². The second-order valence-corrected chi connectivity index (χ2v) is 6.07. The summed E-state index contributed by atoms with van der Waals surface area (Å²) in [5.41, 5.74) is 0. The number of nitrogens with zero attached hydrogens (tertiary/aromatic N) is 4. The number of hydrogen-bond acceptors (Lipinski definition) is 5. The normalized spacial score (nSPS) is 16.5. The first-order chi connectivity index (χ1) is 12.2. The van der Waals surface area contributed by atoms with E-state index >= 15 is 0 Å². The van der Waals surface area contributed by atoms with E-state index in [4.69, 9.17) is 9.47 Å². The molecule has 1 fully saturated rings. The van der Waals surface area contributed by atoms with Crippen LogP contribution in [-0.4, -0.2) is 51.4 Å². The molecule has 1 atom stereocenters. The Morgan fingerprint density at radius 1 is 1.28 bits per heavy atom. The first-order valence-corrected chi connectivity index (χ1v) is 8.70. The number of likely N-dealkylation sites (tertiary alicyclic amines) is 1. The molecule has 3 rings (SSSR count). The van der Waals surface area contributed by atoms with Gasteiger partial charge in [0.25, 0.3) is 0 Å². The maximum absolute atomic E-state index is 12.6. The van der Waals surface area contributed by atoms with Gasteiger partial charge in [-0.2, -0.15) is 5.10 Å². The van der Waals surface area contributed by atoms with Gasteiger partial charge in [0.2, 0.25) is 5.91 Å². The van der Waals surface area contributed by atoms with Crippen LogP contribution in [0.4, 0.5) is 0 Å². The van der Waals surface area contributed by atoms with Crippen LogP contribution in [0.25, 0.3) is 0 Å². The predicted molar refractivity (Wildman–Crippen MR) is 92.6 cm³/mol. The lowest BCUT2D eigenvalue weighted by atomic mass is 10.1. The maximum Gasteiger partial charge on any atom is 0.247 e. The molecule has 0 radical (unpaired) electrons. The Balaban J connectivity index is 1.54. The monoisotopic (exact) mass is 344 g/mol. The summed E-state index contributed by atoms with van der Waals surface area (Å²) in [6.45, 7) is 5.77. The van der Waals surface area contributed by atoms with Crippen molar-refractivity contribution in [1.82, 2.24) is 19.7 Å². The van der Waals surface area contributed by atoms with Gasteiger partial charge in [0.15, 0.2) is 11.5 Å². The summed E-state index contributed by atoms with van der Waals surface area (Å²) in [5, 5.41) is 4.05. The van der Waals surface area contributed by atoms with E-state index < -0.39 is 0 Å². The smallest absolute Gasteiger partial charge is 0.247 e. The lowest BCUT2D eigenvalue weighted by molar-refractivity contribution is -0.136. The summed E-state index contributed by atoms with van der Waals surface area (Å²) in [7, 11) is 0. The van der Waals surface area contributed by atoms with Gasteiger partial charge in [-0.25, -0.2) is 9.67 Å². The van der Waals surface area contributed by atoms with Gasteiger partial charge in [0.05, 0.1) is 6.61 Å². The van der Waals surface area contributed by atoms with Gasteiger partial charge in [-0.05, 0) is 26.0 Å². The number of ether oxygens (including phenoxy) is 2. The summed E-state index contributed by atoms with van der Waals surface area (Å²) in [6.07, 6.45) is 4.71. The third kappa shape index (κ3) is 4.10. The van der Waals surface area contributed by atoms with Gasteiger partial charge in [-0.3, -0.25) is 4.79 Å². The van der Waals surface area contributed by atoms with Crippen LogP contribution in [-0.2, 0) is 4.79 Å². The first-order valence-electron chi connectivity index (χ1n) is 8.70. The van der Waals surface area contributed by atoms with Crippen LogP contribution in [0.2, 0.25) is 0 Å². The van der Waals surface area contributed by atoms with Crippen molar-refractivity contribution in [2.45, 2.75) is 38.8 Å². The van der Waals surface area contributed by atoms with E-state index in [0.717, 1.165) is 24.3 Å². The number of carbonyl (C=O) groups excluding carboxylic acids is 1. The lowest BCUT2D eigenvalue weighted by Crippen LogP contribution is -2.44. The van der Waals surface area contributed by atoms with E-state index in [1.54, 1.807) is 11.0 Å². The predicted octanol–water partition coefficient (Wildman–Crippen LogP) is 2.31. The van der Waals surface area contributed by atoms with Gasteiger partial charge < -0.3 is 14.4 Å². The molecule has 7 nitrogen and oxygen atoms in total. The SMILES string of the molecule is CCOc1ccccc1OC1CCN(C(=O)[C@H](C)n2cncn2)CC1. The van der Waals surface area contributed by atoms with Crippen molar-refractivity contribution in [2.75, 3.05) is 19.7 Å². The van der Waals surface area contributed by atoms with Crippen LogP contribution in [0.15, 0.2) is 36.9 Å². The van der Waals surface area contributed by atoms with E-state index in [1.165, 1.54) is 6.33 Å². The number of benzene rings is 1. The van der Waals surface area contributed by atoms with Gasteiger partial charge >= 0.3 is 0 Å². The lowest BCUT2D eigenvalue weighted by Gasteiger charge is -2.33. The van der Waals surface area contributed by atoms with Crippen molar-refractivity contribution in [3.63, 3.8) is 0 Å². The highest BCUT2D eigenvalue weighted by molar-refractivity contribution is 5.80. The Kier molecular flexibility index (Phi) is 5.53. The van der Waals surface area contributed by atoms with Crippen LogP contribution in [0.5, 0.6) is 11.5 Å². The van der Waals surface area contributed by atoms with Gasteiger partial charge in [-0.15, -0.1) is 0 Å². The highest BCUT2D eigenvalue weighted by atomic mass is 16.5.